The molecule has 5 heteroatoms. The summed E-state index contributed by atoms with van der Waals surface area (Å²) in [6.07, 6.45) is 5.16. The summed E-state index contributed by atoms with van der Waals surface area (Å²) in [4.78, 5) is 7.18. The molecular weight excluding hydrogens is 252 g/mol. The van der Waals surface area contributed by atoms with Crippen LogP contribution in [0.1, 0.15) is 39.5 Å². The first kappa shape index (κ1) is 17.2. The van der Waals surface area contributed by atoms with Gasteiger partial charge in [0.15, 0.2) is 5.96 Å². The van der Waals surface area contributed by atoms with E-state index in [-0.39, 0.29) is 6.04 Å². The van der Waals surface area contributed by atoms with Crippen LogP contribution in [0.5, 0.6) is 0 Å². The highest BCUT2D eigenvalue weighted by molar-refractivity contribution is 5.80. The molecule has 2 N–H and O–H groups in total. The summed E-state index contributed by atoms with van der Waals surface area (Å²) in [5, 5.41) is 6.63. The van der Waals surface area contributed by atoms with Crippen LogP contribution in [0.15, 0.2) is 4.99 Å². The Morgan fingerprint density at radius 2 is 2.05 bits per heavy atom. The zero-order valence-corrected chi connectivity index (χ0v) is 13.5. The molecule has 20 heavy (non-hydrogen) atoms. The Bertz CT molecular complexity index is 265. The molecule has 0 spiro atoms. The molecule has 0 saturated carbocycles. The van der Waals surface area contributed by atoms with Gasteiger partial charge in [0.25, 0.3) is 0 Å². The zero-order valence-electron chi connectivity index (χ0n) is 13.5. The molecule has 1 rings (SSSR count). The van der Waals surface area contributed by atoms with Gasteiger partial charge in [-0.05, 0) is 59.2 Å². The van der Waals surface area contributed by atoms with E-state index in [2.05, 4.69) is 34.4 Å². The first-order chi connectivity index (χ1) is 9.76. The Hall–Kier alpha value is -0.810. The third kappa shape index (κ3) is 7.70. The van der Waals surface area contributed by atoms with Crippen LogP contribution < -0.4 is 10.6 Å². The van der Waals surface area contributed by atoms with E-state index >= 15 is 0 Å². The fourth-order valence-electron chi connectivity index (χ4n) is 2.49. The molecule has 5 nitrogen and oxygen atoms in total. The molecule has 1 unspecified atom stereocenters. The van der Waals surface area contributed by atoms with E-state index in [1.165, 1.54) is 38.9 Å². The second-order valence-electron chi connectivity index (χ2n) is 5.52. The van der Waals surface area contributed by atoms with Crippen LogP contribution >= 0.6 is 0 Å². The van der Waals surface area contributed by atoms with Crippen molar-refractivity contribution >= 4 is 5.96 Å². The first-order valence-corrected chi connectivity index (χ1v) is 8.02. The Balaban J connectivity index is 2.16. The lowest BCUT2D eigenvalue weighted by Crippen LogP contribution is -2.44. The Morgan fingerprint density at radius 1 is 1.30 bits per heavy atom. The minimum atomic E-state index is 0.280. The number of nitrogens with zero attached hydrogens (tertiary/aromatic N) is 2. The fraction of sp³-hybridized carbons (Fsp3) is 0.933. The lowest BCUT2D eigenvalue weighted by atomic mass is 10.3. The number of rotatable bonds is 9. The summed E-state index contributed by atoms with van der Waals surface area (Å²) >= 11 is 0. The Kier molecular flexibility index (Phi) is 9.41. The molecule has 0 aromatic carbocycles. The van der Waals surface area contributed by atoms with Crippen LogP contribution in [0.2, 0.25) is 0 Å². The number of ether oxygens (including phenoxy) is 1. The van der Waals surface area contributed by atoms with Crippen LogP contribution in [0, 0.1) is 0 Å². The number of aliphatic imine (C=N–C) groups is 1. The molecule has 0 amide bonds. The molecule has 1 atom stereocenters. The minimum Gasteiger partial charge on any atom is -0.383 e. The number of hydrogen-bond acceptors (Lipinski definition) is 3. The van der Waals surface area contributed by atoms with E-state index < -0.39 is 0 Å². The van der Waals surface area contributed by atoms with Gasteiger partial charge in [0, 0.05) is 26.2 Å². The molecule has 0 aromatic heterocycles. The third-order valence-electron chi connectivity index (χ3n) is 3.50. The molecule has 0 aromatic rings. The van der Waals surface area contributed by atoms with E-state index in [1.807, 2.05) is 0 Å². The quantitative estimate of drug-likeness (QED) is 0.382. The minimum absolute atomic E-state index is 0.280. The van der Waals surface area contributed by atoms with Gasteiger partial charge in [0.05, 0.1) is 6.61 Å². The molecule has 1 saturated heterocycles. The van der Waals surface area contributed by atoms with E-state index in [9.17, 15) is 0 Å². The highest BCUT2D eigenvalue weighted by atomic mass is 16.5. The van der Waals surface area contributed by atoms with Crippen LogP contribution in [0.4, 0.5) is 0 Å². The Labute approximate surface area is 124 Å². The number of methoxy groups -OCH3 is 1. The standard InChI is InChI=1S/C15H32N4O/c1-4-16-15(18-14(2)13-20-3)17-9-5-6-10-19-11-7-8-12-19/h14H,4-13H2,1-3H3,(H2,16,17,18). The number of guanidine groups is 1. The van der Waals surface area contributed by atoms with Crippen LogP contribution in [-0.4, -0.2) is 63.3 Å². The van der Waals surface area contributed by atoms with Crippen molar-refractivity contribution < 1.29 is 4.74 Å². The van der Waals surface area contributed by atoms with Crippen LogP contribution in [0.3, 0.4) is 0 Å². The summed E-state index contributed by atoms with van der Waals surface area (Å²) in [7, 11) is 1.72. The van der Waals surface area contributed by atoms with Crippen molar-refractivity contribution in [1.29, 1.82) is 0 Å². The largest absolute Gasteiger partial charge is 0.383 e. The van der Waals surface area contributed by atoms with Gasteiger partial charge < -0.3 is 20.3 Å². The van der Waals surface area contributed by atoms with Crippen molar-refractivity contribution in [2.45, 2.75) is 45.6 Å². The molecular formula is C15H32N4O. The predicted molar refractivity (Wildman–Crippen MR) is 85.4 cm³/mol. The summed E-state index contributed by atoms with van der Waals surface area (Å²) < 4.78 is 5.13. The van der Waals surface area contributed by atoms with Crippen molar-refractivity contribution in [3.05, 3.63) is 0 Å². The number of likely N-dealkylation sites (tertiary alicyclic amines) is 1. The van der Waals surface area contributed by atoms with Gasteiger partial charge in [-0.15, -0.1) is 0 Å². The average molecular weight is 284 g/mol. The number of unbranched alkanes of at least 4 members (excludes halogenated alkanes) is 1. The van der Waals surface area contributed by atoms with Crippen molar-refractivity contribution in [1.82, 2.24) is 15.5 Å². The second-order valence-corrected chi connectivity index (χ2v) is 5.52. The zero-order chi connectivity index (χ0) is 14.6. The Morgan fingerprint density at radius 3 is 2.70 bits per heavy atom. The van der Waals surface area contributed by atoms with Crippen molar-refractivity contribution in [3.8, 4) is 0 Å². The van der Waals surface area contributed by atoms with Gasteiger partial charge in [-0.25, -0.2) is 0 Å². The van der Waals surface area contributed by atoms with Gasteiger partial charge in [0.2, 0.25) is 0 Å². The van der Waals surface area contributed by atoms with Crippen molar-refractivity contribution in [2.24, 2.45) is 4.99 Å². The average Bonchev–Trinajstić information content (AvgIpc) is 2.92. The lowest BCUT2D eigenvalue weighted by molar-refractivity contribution is 0.179. The first-order valence-electron chi connectivity index (χ1n) is 8.02. The van der Waals surface area contributed by atoms with Crippen LogP contribution in [-0.2, 0) is 4.74 Å². The lowest BCUT2D eigenvalue weighted by Gasteiger charge is -2.17. The van der Waals surface area contributed by atoms with Gasteiger partial charge in [-0.3, -0.25) is 4.99 Å². The van der Waals surface area contributed by atoms with E-state index in [4.69, 9.17) is 4.74 Å². The monoisotopic (exact) mass is 284 g/mol. The molecule has 118 valence electrons. The van der Waals surface area contributed by atoms with Gasteiger partial charge in [-0.1, -0.05) is 0 Å². The molecule has 1 heterocycles. The second kappa shape index (κ2) is 10.9. The molecule has 0 aliphatic carbocycles. The maximum Gasteiger partial charge on any atom is 0.191 e. The predicted octanol–water partition coefficient (Wildman–Crippen LogP) is 1.45. The van der Waals surface area contributed by atoms with E-state index in [0.717, 1.165) is 25.5 Å². The molecule has 1 fully saturated rings. The number of hydrogen-bond donors (Lipinski definition) is 2. The van der Waals surface area contributed by atoms with Crippen molar-refractivity contribution in [3.63, 3.8) is 0 Å². The summed E-state index contributed by atoms with van der Waals surface area (Å²) in [5.41, 5.74) is 0. The van der Waals surface area contributed by atoms with E-state index in [0.29, 0.717) is 6.61 Å². The molecule has 0 radical (unpaired) electrons. The van der Waals surface area contributed by atoms with E-state index in [1.54, 1.807) is 7.11 Å². The highest BCUT2D eigenvalue weighted by Gasteiger charge is 2.10. The summed E-state index contributed by atoms with van der Waals surface area (Å²) in [6, 6.07) is 0.280. The maximum atomic E-state index is 5.13. The smallest absolute Gasteiger partial charge is 0.191 e. The van der Waals surface area contributed by atoms with Gasteiger partial charge in [-0.2, -0.15) is 0 Å². The summed E-state index contributed by atoms with van der Waals surface area (Å²) in [5.74, 6) is 0.901. The molecule has 0 bridgehead atoms. The number of nitrogens with one attached hydrogen (secondary N) is 2. The highest BCUT2D eigenvalue weighted by Crippen LogP contribution is 2.08. The normalized spacial score (nSPS) is 18.2. The van der Waals surface area contributed by atoms with Gasteiger partial charge >= 0.3 is 0 Å². The summed E-state index contributed by atoms with van der Waals surface area (Å²) in [6.45, 7) is 10.5. The molecule has 1 aliphatic rings. The SMILES string of the molecule is CCNC(=NCCCCN1CCCC1)NC(C)COC. The van der Waals surface area contributed by atoms with Crippen molar-refractivity contribution in [2.75, 3.05) is 46.4 Å². The fourth-order valence-corrected chi connectivity index (χ4v) is 2.49. The molecule has 1 aliphatic heterocycles. The van der Waals surface area contributed by atoms with Gasteiger partial charge in [0.1, 0.15) is 0 Å². The third-order valence-corrected chi connectivity index (χ3v) is 3.50. The van der Waals surface area contributed by atoms with Crippen LogP contribution in [0.25, 0.3) is 0 Å². The topological polar surface area (TPSA) is 48.9 Å². The maximum absolute atomic E-state index is 5.13.